The molecule has 8 nitrogen and oxygen atoms in total. The Balaban J connectivity index is 2.41. The van der Waals surface area contributed by atoms with Gasteiger partial charge < -0.3 is 0 Å². The van der Waals surface area contributed by atoms with Crippen LogP contribution in [-0.4, -0.2) is 36.4 Å². The van der Waals surface area contributed by atoms with E-state index in [2.05, 4.69) is 10.5 Å². The predicted octanol–water partition coefficient (Wildman–Crippen LogP) is 3.99. The van der Waals surface area contributed by atoms with Crippen molar-refractivity contribution in [3.63, 3.8) is 0 Å². The summed E-state index contributed by atoms with van der Waals surface area (Å²) in [6.45, 7) is 5.75. The number of hydrogen-bond acceptors (Lipinski definition) is 6. The van der Waals surface area contributed by atoms with Gasteiger partial charge >= 0.3 is 0 Å². The SMILES string of the molecule is CC/C(=N\Nc1ccc(S(=O)(=O)N(CC)CC)cc1[N+](=O)[O-])c1ccc(F)cc1. The van der Waals surface area contributed by atoms with E-state index < -0.39 is 20.6 Å². The van der Waals surface area contributed by atoms with Crippen LogP contribution in [0.3, 0.4) is 0 Å². The molecule has 0 aliphatic carbocycles. The lowest BCUT2D eigenvalue weighted by molar-refractivity contribution is -0.384. The lowest BCUT2D eigenvalue weighted by atomic mass is 10.1. The Morgan fingerprint density at radius 1 is 1.14 bits per heavy atom. The van der Waals surface area contributed by atoms with Crippen molar-refractivity contribution in [1.82, 2.24) is 4.31 Å². The lowest BCUT2D eigenvalue weighted by Crippen LogP contribution is -2.30. The zero-order chi connectivity index (χ0) is 21.6. The van der Waals surface area contributed by atoms with E-state index in [4.69, 9.17) is 0 Å². The molecule has 0 amide bonds. The Bertz CT molecular complexity index is 1000. The predicted molar refractivity (Wildman–Crippen MR) is 110 cm³/mol. The molecule has 2 aromatic rings. The molecule has 0 heterocycles. The van der Waals surface area contributed by atoms with Crippen LogP contribution in [0.5, 0.6) is 0 Å². The van der Waals surface area contributed by atoms with E-state index in [1.165, 1.54) is 28.6 Å². The van der Waals surface area contributed by atoms with Crippen LogP contribution < -0.4 is 5.43 Å². The number of rotatable bonds is 9. The third-order valence-electron chi connectivity index (χ3n) is 4.33. The summed E-state index contributed by atoms with van der Waals surface area (Å²) in [7, 11) is -3.83. The zero-order valence-electron chi connectivity index (χ0n) is 16.4. The van der Waals surface area contributed by atoms with Crippen LogP contribution in [0.2, 0.25) is 0 Å². The van der Waals surface area contributed by atoms with E-state index in [1.807, 2.05) is 6.92 Å². The van der Waals surface area contributed by atoms with Crippen LogP contribution in [0.25, 0.3) is 0 Å². The van der Waals surface area contributed by atoms with Gasteiger partial charge in [-0.05, 0) is 36.2 Å². The minimum absolute atomic E-state index is 0.0570. The molecule has 0 saturated heterocycles. The smallest absolute Gasteiger partial charge is 0.271 e. The van der Waals surface area contributed by atoms with Crippen molar-refractivity contribution in [3.05, 3.63) is 64.0 Å². The zero-order valence-corrected chi connectivity index (χ0v) is 17.2. The van der Waals surface area contributed by atoms with Crippen LogP contribution >= 0.6 is 0 Å². The highest BCUT2D eigenvalue weighted by Gasteiger charge is 2.25. The minimum atomic E-state index is -3.83. The van der Waals surface area contributed by atoms with E-state index >= 15 is 0 Å². The molecule has 0 fully saturated rings. The monoisotopic (exact) mass is 422 g/mol. The first-order chi connectivity index (χ1) is 13.7. The molecule has 29 heavy (non-hydrogen) atoms. The number of nitro benzene ring substituents is 1. The molecule has 0 aliphatic rings. The number of nitro groups is 1. The number of benzene rings is 2. The average molecular weight is 422 g/mol. The Hall–Kier alpha value is -2.85. The molecule has 2 aromatic carbocycles. The standard InChI is InChI=1S/C19H23FN4O4S/c1-4-17(14-7-9-15(20)10-8-14)21-22-18-12-11-16(13-19(18)24(25)26)29(27,28)23(5-2)6-3/h7-13,22H,4-6H2,1-3H3/b21-17+. The molecule has 156 valence electrons. The van der Waals surface area contributed by atoms with Crippen LogP contribution in [-0.2, 0) is 10.0 Å². The third kappa shape index (κ3) is 5.15. The largest absolute Gasteiger partial charge is 0.295 e. The third-order valence-corrected chi connectivity index (χ3v) is 6.38. The van der Waals surface area contributed by atoms with Gasteiger partial charge in [0.25, 0.3) is 5.69 Å². The summed E-state index contributed by atoms with van der Waals surface area (Å²) in [5, 5.41) is 15.7. The van der Waals surface area contributed by atoms with Crippen LogP contribution in [0.4, 0.5) is 15.8 Å². The quantitative estimate of drug-likeness (QED) is 0.374. The molecule has 1 N–H and O–H groups in total. The molecule has 0 atom stereocenters. The molecule has 10 heteroatoms. The van der Waals surface area contributed by atoms with E-state index in [-0.39, 0.29) is 29.5 Å². The molecule has 0 unspecified atom stereocenters. The molecular weight excluding hydrogens is 399 g/mol. The number of nitrogens with zero attached hydrogens (tertiary/aromatic N) is 3. The van der Waals surface area contributed by atoms with E-state index in [0.717, 1.165) is 6.07 Å². The van der Waals surface area contributed by atoms with E-state index in [1.54, 1.807) is 26.0 Å². The summed E-state index contributed by atoms with van der Waals surface area (Å²) >= 11 is 0. The first kappa shape index (κ1) is 22.4. The minimum Gasteiger partial charge on any atom is -0.271 e. The van der Waals surface area contributed by atoms with E-state index in [0.29, 0.717) is 17.7 Å². The normalized spacial score (nSPS) is 12.2. The molecule has 2 rings (SSSR count). The maximum Gasteiger partial charge on any atom is 0.295 e. The van der Waals surface area contributed by atoms with Gasteiger partial charge in [0.2, 0.25) is 10.0 Å². The van der Waals surface area contributed by atoms with Crippen molar-refractivity contribution in [2.45, 2.75) is 32.1 Å². The molecule has 0 spiro atoms. The van der Waals surface area contributed by atoms with Gasteiger partial charge in [-0.15, -0.1) is 0 Å². The molecule has 0 aliphatic heterocycles. The van der Waals surface area contributed by atoms with Crippen molar-refractivity contribution in [2.24, 2.45) is 5.10 Å². The molecule has 0 aromatic heterocycles. The maximum atomic E-state index is 13.1. The topological polar surface area (TPSA) is 105 Å². The number of hydrogen-bond donors (Lipinski definition) is 1. The number of hydrazone groups is 1. The summed E-state index contributed by atoms with van der Waals surface area (Å²) < 4.78 is 39.6. The summed E-state index contributed by atoms with van der Waals surface area (Å²) in [6.07, 6.45) is 0.501. The second kappa shape index (κ2) is 9.57. The summed E-state index contributed by atoms with van der Waals surface area (Å²) in [5.74, 6) is -0.377. The van der Waals surface area contributed by atoms with Crippen LogP contribution in [0.15, 0.2) is 52.5 Å². The molecule has 0 bridgehead atoms. The Kier molecular flexibility index (Phi) is 7.40. The van der Waals surface area contributed by atoms with Gasteiger partial charge in [0, 0.05) is 19.2 Å². The summed E-state index contributed by atoms with van der Waals surface area (Å²) in [6, 6.07) is 9.37. The van der Waals surface area contributed by atoms with Crippen LogP contribution in [0, 0.1) is 15.9 Å². The summed E-state index contributed by atoms with van der Waals surface area (Å²) in [4.78, 5) is 10.7. The first-order valence-corrected chi connectivity index (χ1v) is 10.6. The van der Waals surface area contributed by atoms with Gasteiger partial charge in [-0.25, -0.2) is 12.8 Å². The Morgan fingerprint density at radius 3 is 2.28 bits per heavy atom. The fraction of sp³-hybridized carbons (Fsp3) is 0.316. The fourth-order valence-electron chi connectivity index (χ4n) is 2.75. The first-order valence-electron chi connectivity index (χ1n) is 9.11. The van der Waals surface area contributed by atoms with Crippen molar-refractivity contribution >= 4 is 27.1 Å². The highest BCUT2D eigenvalue weighted by atomic mass is 32.2. The fourth-order valence-corrected chi connectivity index (χ4v) is 4.23. The highest BCUT2D eigenvalue weighted by molar-refractivity contribution is 7.89. The van der Waals surface area contributed by atoms with Gasteiger partial charge in [-0.1, -0.05) is 32.9 Å². The molecule has 0 radical (unpaired) electrons. The molecular formula is C19H23FN4O4S. The number of sulfonamides is 1. The lowest BCUT2D eigenvalue weighted by Gasteiger charge is -2.18. The van der Waals surface area contributed by atoms with Crippen molar-refractivity contribution < 1.29 is 17.7 Å². The Labute approximate surface area is 169 Å². The van der Waals surface area contributed by atoms with E-state index in [9.17, 15) is 22.9 Å². The van der Waals surface area contributed by atoms with Crippen molar-refractivity contribution in [1.29, 1.82) is 0 Å². The summed E-state index contributed by atoms with van der Waals surface area (Å²) in [5.41, 5.74) is 3.53. The van der Waals surface area contributed by atoms with Gasteiger partial charge in [0.1, 0.15) is 11.5 Å². The van der Waals surface area contributed by atoms with Gasteiger partial charge in [0.05, 0.1) is 15.5 Å². The van der Waals surface area contributed by atoms with Crippen molar-refractivity contribution in [3.8, 4) is 0 Å². The maximum absolute atomic E-state index is 13.1. The number of anilines is 1. The number of nitrogens with one attached hydrogen (secondary N) is 1. The van der Waals surface area contributed by atoms with Gasteiger partial charge in [-0.3, -0.25) is 15.5 Å². The van der Waals surface area contributed by atoms with Crippen molar-refractivity contribution in [2.75, 3.05) is 18.5 Å². The average Bonchev–Trinajstić information content (AvgIpc) is 2.70. The van der Waals surface area contributed by atoms with Crippen LogP contribution in [0.1, 0.15) is 32.8 Å². The Morgan fingerprint density at radius 2 is 1.76 bits per heavy atom. The highest BCUT2D eigenvalue weighted by Crippen LogP contribution is 2.29. The molecule has 0 saturated carbocycles. The number of halogens is 1. The second-order valence-electron chi connectivity index (χ2n) is 6.06. The van der Waals surface area contributed by atoms with Gasteiger partial charge in [-0.2, -0.15) is 9.41 Å². The van der Waals surface area contributed by atoms with Gasteiger partial charge in [0.15, 0.2) is 0 Å². The second-order valence-corrected chi connectivity index (χ2v) is 7.99.